The van der Waals surface area contributed by atoms with Gasteiger partial charge in [-0.25, -0.2) is 9.80 Å². The van der Waals surface area contributed by atoms with Crippen LogP contribution in [0.1, 0.15) is 102 Å². The molecule has 9 heteroatoms. The number of pyridine rings is 1. The van der Waals surface area contributed by atoms with Crippen molar-refractivity contribution in [3.05, 3.63) is 29.8 Å². The summed E-state index contributed by atoms with van der Waals surface area (Å²) >= 11 is 0. The smallest absolute Gasteiger partial charge is 0.410 e. The largest absolute Gasteiger partial charge is 0.444 e. The van der Waals surface area contributed by atoms with E-state index in [0.29, 0.717) is 36.9 Å². The zero-order chi connectivity index (χ0) is 26.7. The van der Waals surface area contributed by atoms with Gasteiger partial charge in [-0.2, -0.15) is 4.98 Å². The number of ether oxygens (including phenoxy) is 1. The molecular weight excluding hydrogens is 480 g/mol. The summed E-state index contributed by atoms with van der Waals surface area (Å²) in [6.07, 6.45) is 12.6. The van der Waals surface area contributed by atoms with Gasteiger partial charge in [-0.1, -0.05) is 37.3 Å². The molecule has 2 saturated heterocycles. The van der Waals surface area contributed by atoms with Gasteiger partial charge < -0.3 is 14.2 Å². The fourth-order valence-corrected chi connectivity index (χ4v) is 6.44. The van der Waals surface area contributed by atoms with E-state index in [9.17, 15) is 4.79 Å². The molecule has 0 aromatic carbocycles. The number of likely N-dealkylation sites (N-methyl/N-ethyl adjacent to an activating group) is 1. The molecule has 1 amide bonds. The Morgan fingerprint density at radius 3 is 2.50 bits per heavy atom. The SMILES string of the molecule is CN1NCC(c2cc(-c3nc(C4CCN(C(=O)OC(C)(C)C)CC4)no3)ccn2)C1C1CCCCCCC1. The number of nitrogens with one attached hydrogen (secondary N) is 1. The number of nitrogens with zero attached hydrogens (tertiary/aromatic N) is 5. The van der Waals surface area contributed by atoms with Crippen molar-refractivity contribution in [2.75, 3.05) is 26.7 Å². The quantitative estimate of drug-likeness (QED) is 0.559. The monoisotopic (exact) mass is 524 g/mol. The lowest BCUT2D eigenvalue weighted by atomic mass is 9.79. The van der Waals surface area contributed by atoms with Crippen molar-refractivity contribution < 1.29 is 14.1 Å². The van der Waals surface area contributed by atoms with E-state index in [0.717, 1.165) is 36.5 Å². The van der Waals surface area contributed by atoms with Crippen molar-refractivity contribution in [1.29, 1.82) is 0 Å². The van der Waals surface area contributed by atoms with E-state index in [2.05, 4.69) is 28.7 Å². The number of carbonyl (C=O) groups is 1. The number of hydrogen-bond donors (Lipinski definition) is 1. The van der Waals surface area contributed by atoms with Crippen LogP contribution in [0.2, 0.25) is 0 Å². The molecule has 38 heavy (non-hydrogen) atoms. The number of hydrogen-bond acceptors (Lipinski definition) is 8. The van der Waals surface area contributed by atoms with Gasteiger partial charge in [-0.3, -0.25) is 10.4 Å². The molecule has 3 fully saturated rings. The van der Waals surface area contributed by atoms with E-state index in [1.54, 1.807) is 4.90 Å². The fraction of sp³-hybridized carbons (Fsp3) is 0.724. The Balaban J connectivity index is 1.25. The summed E-state index contributed by atoms with van der Waals surface area (Å²) < 4.78 is 11.3. The zero-order valence-corrected chi connectivity index (χ0v) is 23.5. The summed E-state index contributed by atoms with van der Waals surface area (Å²) in [5, 5.41) is 6.66. The van der Waals surface area contributed by atoms with Crippen molar-refractivity contribution >= 4 is 6.09 Å². The maximum absolute atomic E-state index is 12.4. The predicted octanol–water partition coefficient (Wildman–Crippen LogP) is 5.51. The van der Waals surface area contributed by atoms with Crippen LogP contribution >= 0.6 is 0 Å². The van der Waals surface area contributed by atoms with E-state index in [4.69, 9.17) is 19.2 Å². The third-order valence-electron chi connectivity index (χ3n) is 8.41. The standard InChI is InChI=1S/C29H44N6O3/c1-29(2,3)37-28(36)35-16-13-21(14-17-35)26-32-27(38-33-26)22-12-15-30-24(18-22)23-19-31-34(4)25(23)20-10-8-6-5-7-9-11-20/h12,15,18,20-21,23,25,31H,5-11,13-14,16-17,19H2,1-4H3. The summed E-state index contributed by atoms with van der Waals surface area (Å²) in [5.74, 6) is 2.46. The first-order valence-corrected chi connectivity index (χ1v) is 14.5. The van der Waals surface area contributed by atoms with Crippen LogP contribution in [0.4, 0.5) is 4.79 Å². The molecule has 2 aromatic heterocycles. The molecule has 2 unspecified atom stereocenters. The lowest BCUT2D eigenvalue weighted by molar-refractivity contribution is 0.0203. The van der Waals surface area contributed by atoms with Gasteiger partial charge in [0.1, 0.15) is 5.60 Å². The Bertz CT molecular complexity index is 1070. The second kappa shape index (κ2) is 11.7. The molecule has 9 nitrogen and oxygen atoms in total. The van der Waals surface area contributed by atoms with E-state index in [-0.39, 0.29) is 12.0 Å². The lowest BCUT2D eigenvalue weighted by Gasteiger charge is -2.33. The third kappa shape index (κ3) is 6.37. The van der Waals surface area contributed by atoms with Gasteiger partial charge in [0.2, 0.25) is 0 Å². The third-order valence-corrected chi connectivity index (χ3v) is 8.41. The molecule has 3 aliphatic rings. The maximum atomic E-state index is 12.4. The van der Waals surface area contributed by atoms with Gasteiger partial charge in [0.25, 0.3) is 5.89 Å². The van der Waals surface area contributed by atoms with Gasteiger partial charge >= 0.3 is 6.09 Å². The summed E-state index contributed by atoms with van der Waals surface area (Å²) in [6.45, 7) is 7.84. The summed E-state index contributed by atoms with van der Waals surface area (Å²) in [5.41, 5.74) is 5.12. The first-order chi connectivity index (χ1) is 18.3. The topological polar surface area (TPSA) is 96.6 Å². The van der Waals surface area contributed by atoms with Gasteiger partial charge in [0.15, 0.2) is 5.82 Å². The number of carbonyl (C=O) groups excluding carboxylic acids is 1. The Morgan fingerprint density at radius 2 is 1.79 bits per heavy atom. The molecule has 1 aliphatic carbocycles. The van der Waals surface area contributed by atoms with Crippen molar-refractivity contribution in [3.63, 3.8) is 0 Å². The minimum Gasteiger partial charge on any atom is -0.444 e. The second-order valence-corrected chi connectivity index (χ2v) is 12.3. The lowest BCUT2D eigenvalue weighted by Crippen LogP contribution is -2.41. The number of likely N-dealkylation sites (tertiary alicyclic amines) is 1. The molecular formula is C29H44N6O3. The summed E-state index contributed by atoms with van der Waals surface area (Å²) in [7, 11) is 2.19. The molecule has 0 bridgehead atoms. The van der Waals surface area contributed by atoms with Crippen molar-refractivity contribution in [3.8, 4) is 11.5 Å². The van der Waals surface area contributed by atoms with Crippen LogP contribution in [-0.4, -0.2) is 69.5 Å². The van der Waals surface area contributed by atoms with Crippen LogP contribution < -0.4 is 5.43 Å². The highest BCUT2D eigenvalue weighted by molar-refractivity contribution is 5.68. The molecule has 4 heterocycles. The van der Waals surface area contributed by atoms with E-state index in [1.165, 1.54) is 44.9 Å². The van der Waals surface area contributed by atoms with Crippen LogP contribution in [0.5, 0.6) is 0 Å². The number of rotatable bonds is 4. The van der Waals surface area contributed by atoms with Crippen LogP contribution in [0.15, 0.2) is 22.9 Å². The number of aromatic nitrogens is 3. The Hall–Kier alpha value is -2.52. The van der Waals surface area contributed by atoms with Crippen LogP contribution in [0.25, 0.3) is 11.5 Å². The highest BCUT2D eigenvalue weighted by Gasteiger charge is 2.39. The van der Waals surface area contributed by atoms with Crippen molar-refractivity contribution in [2.45, 2.75) is 102 Å². The molecule has 2 atom stereocenters. The number of piperidine rings is 1. The Morgan fingerprint density at radius 1 is 1.08 bits per heavy atom. The molecule has 208 valence electrons. The number of hydrazine groups is 1. The molecule has 2 aromatic rings. The zero-order valence-electron chi connectivity index (χ0n) is 23.5. The second-order valence-electron chi connectivity index (χ2n) is 12.3. The van der Waals surface area contributed by atoms with Crippen LogP contribution in [0, 0.1) is 5.92 Å². The van der Waals surface area contributed by atoms with E-state index >= 15 is 0 Å². The summed E-state index contributed by atoms with van der Waals surface area (Å²) in [4.78, 5) is 23.8. The minimum atomic E-state index is -0.487. The molecule has 2 aliphatic heterocycles. The van der Waals surface area contributed by atoms with Crippen molar-refractivity contribution in [2.24, 2.45) is 5.92 Å². The number of amides is 1. The first kappa shape index (κ1) is 27.1. The minimum absolute atomic E-state index is 0.170. The van der Waals surface area contributed by atoms with Gasteiger partial charge in [-0.15, -0.1) is 0 Å². The normalized spacial score (nSPS) is 24.8. The maximum Gasteiger partial charge on any atom is 0.410 e. The average molecular weight is 525 g/mol. The Kier molecular flexibility index (Phi) is 8.33. The highest BCUT2D eigenvalue weighted by atomic mass is 16.6. The molecule has 0 radical (unpaired) electrons. The fourth-order valence-electron chi connectivity index (χ4n) is 6.44. The van der Waals surface area contributed by atoms with Crippen LogP contribution in [0.3, 0.4) is 0 Å². The molecule has 1 N–H and O–H groups in total. The highest BCUT2D eigenvalue weighted by Crippen LogP contribution is 2.37. The van der Waals surface area contributed by atoms with Gasteiger partial charge in [-0.05, 0) is 64.5 Å². The van der Waals surface area contributed by atoms with E-state index in [1.807, 2.05) is 33.0 Å². The average Bonchev–Trinajstić information content (AvgIpc) is 3.51. The Labute approximate surface area is 226 Å². The van der Waals surface area contributed by atoms with Crippen molar-refractivity contribution in [1.82, 2.24) is 30.5 Å². The van der Waals surface area contributed by atoms with E-state index < -0.39 is 5.60 Å². The van der Waals surface area contributed by atoms with Gasteiger partial charge in [0.05, 0.1) is 0 Å². The van der Waals surface area contributed by atoms with Gasteiger partial charge in [0, 0.05) is 62.0 Å². The first-order valence-electron chi connectivity index (χ1n) is 14.5. The summed E-state index contributed by atoms with van der Waals surface area (Å²) in [6, 6.07) is 4.55. The predicted molar refractivity (Wildman–Crippen MR) is 145 cm³/mol. The molecule has 5 rings (SSSR count). The molecule has 1 saturated carbocycles. The molecule has 0 spiro atoms. The van der Waals surface area contributed by atoms with Crippen LogP contribution in [-0.2, 0) is 4.74 Å².